The molecule has 6 rings (SSSR count). The Morgan fingerprint density at radius 3 is 2.47 bits per heavy atom. The molecule has 0 radical (unpaired) electrons. The van der Waals surface area contributed by atoms with E-state index < -0.39 is 11.7 Å². The van der Waals surface area contributed by atoms with Gasteiger partial charge in [0, 0.05) is 44.0 Å². The number of anilines is 1. The third-order valence-corrected chi connectivity index (χ3v) is 7.32. The molecule has 0 unspecified atom stereocenters. The van der Waals surface area contributed by atoms with E-state index in [9.17, 15) is 9.18 Å². The number of carbonyl (C=O) groups is 1. The van der Waals surface area contributed by atoms with Gasteiger partial charge in [0.1, 0.15) is 5.82 Å². The fourth-order valence-corrected chi connectivity index (χ4v) is 4.64. The molecule has 0 bridgehead atoms. The number of likely N-dealkylation sites (N-methyl/N-ethyl adjacent to an activating group) is 1. The average molecular weight is 522 g/mol. The Bertz CT molecular complexity index is 1290. The summed E-state index contributed by atoms with van der Waals surface area (Å²) in [7, 11) is 2.10. The van der Waals surface area contributed by atoms with E-state index in [0.29, 0.717) is 28.9 Å². The second-order valence-electron chi connectivity index (χ2n) is 10.6. The lowest BCUT2D eigenvalue weighted by Gasteiger charge is -2.35. The molecule has 3 fully saturated rings. The maximum absolute atomic E-state index is 13.7. The number of amides is 1. The summed E-state index contributed by atoms with van der Waals surface area (Å²) < 4.78 is 25.7. The molecule has 2 N–H and O–H groups in total. The second kappa shape index (κ2) is 10.0. The number of piperazine rings is 1. The Labute approximate surface area is 220 Å². The van der Waals surface area contributed by atoms with Crippen LogP contribution in [0.3, 0.4) is 0 Å². The van der Waals surface area contributed by atoms with E-state index in [1.807, 2.05) is 13.0 Å². The molecule has 3 aliphatic rings. The molecule has 11 heteroatoms. The minimum atomic E-state index is -0.774. The molecule has 1 aliphatic carbocycles. The minimum absolute atomic E-state index is 0.0528. The van der Waals surface area contributed by atoms with Crippen LogP contribution in [-0.2, 0) is 14.3 Å². The molecule has 1 aromatic carbocycles. The van der Waals surface area contributed by atoms with E-state index >= 15 is 0 Å². The van der Waals surface area contributed by atoms with Crippen molar-refractivity contribution in [1.82, 2.24) is 30.2 Å². The van der Waals surface area contributed by atoms with E-state index in [2.05, 4.69) is 32.1 Å². The van der Waals surface area contributed by atoms with Gasteiger partial charge in [-0.15, -0.1) is 0 Å². The highest BCUT2D eigenvalue weighted by Gasteiger charge is 2.42. The van der Waals surface area contributed by atoms with Crippen LogP contribution in [0.1, 0.15) is 31.9 Å². The number of halogens is 1. The van der Waals surface area contributed by atoms with Crippen molar-refractivity contribution in [3.8, 4) is 22.6 Å². The van der Waals surface area contributed by atoms with Crippen LogP contribution in [0, 0.1) is 11.2 Å². The van der Waals surface area contributed by atoms with Gasteiger partial charge in [0.05, 0.1) is 35.7 Å². The van der Waals surface area contributed by atoms with Crippen molar-refractivity contribution in [2.75, 3.05) is 51.3 Å². The van der Waals surface area contributed by atoms with Crippen LogP contribution in [0.5, 0.6) is 0 Å². The molecule has 0 atom stereocenters. The summed E-state index contributed by atoms with van der Waals surface area (Å²) in [5.41, 5.74) is 1.90. The number of carbonyl (C=O) groups excluding carboxylic acids is 1. The van der Waals surface area contributed by atoms with Gasteiger partial charge in [0.2, 0.25) is 18.1 Å². The standard InChI is InChI=1S/C27H32FN7O3/c1-27(25(36)30-19-7-8-19)15-37-24(38-16-27)23-32-21(17-3-5-18(28)6-4-17)22(33-23)20-9-10-29-26(31-20)35-13-11-34(2)12-14-35/h3-6,9-10,19,24H,7-8,11-16H2,1-2H3,(H,30,36)(H,32,33). The molecule has 0 spiro atoms. The number of aromatic amines is 1. The topological polar surface area (TPSA) is 108 Å². The number of hydrogen-bond acceptors (Lipinski definition) is 8. The highest BCUT2D eigenvalue weighted by atomic mass is 19.1. The van der Waals surface area contributed by atoms with Crippen LogP contribution in [0.4, 0.5) is 10.3 Å². The van der Waals surface area contributed by atoms with Gasteiger partial charge in [-0.05, 0) is 57.1 Å². The number of ether oxygens (including phenoxy) is 2. The monoisotopic (exact) mass is 521 g/mol. The van der Waals surface area contributed by atoms with Crippen molar-refractivity contribution < 1.29 is 18.7 Å². The van der Waals surface area contributed by atoms with E-state index in [0.717, 1.165) is 44.6 Å². The lowest BCUT2D eigenvalue weighted by atomic mass is 9.91. The highest BCUT2D eigenvalue weighted by molar-refractivity contribution is 5.83. The summed E-state index contributed by atoms with van der Waals surface area (Å²) in [6.45, 7) is 5.83. The Morgan fingerprint density at radius 1 is 1.08 bits per heavy atom. The van der Waals surface area contributed by atoms with Gasteiger partial charge in [-0.2, -0.15) is 0 Å². The summed E-state index contributed by atoms with van der Waals surface area (Å²) in [5, 5.41) is 3.04. The lowest BCUT2D eigenvalue weighted by Crippen LogP contribution is -2.49. The molecule has 2 aliphatic heterocycles. The molecular weight excluding hydrogens is 489 g/mol. The van der Waals surface area contributed by atoms with Crippen molar-refractivity contribution in [1.29, 1.82) is 0 Å². The Hall–Kier alpha value is -3.41. The summed E-state index contributed by atoms with van der Waals surface area (Å²) in [6, 6.07) is 8.27. The minimum Gasteiger partial charge on any atom is -0.353 e. The largest absolute Gasteiger partial charge is 0.353 e. The summed E-state index contributed by atoms with van der Waals surface area (Å²) in [5.74, 6) is 0.735. The molecule has 38 heavy (non-hydrogen) atoms. The Morgan fingerprint density at radius 2 is 1.79 bits per heavy atom. The van der Waals surface area contributed by atoms with Crippen LogP contribution in [-0.4, -0.2) is 83.2 Å². The predicted octanol–water partition coefficient (Wildman–Crippen LogP) is 2.75. The number of hydrogen-bond donors (Lipinski definition) is 2. The second-order valence-corrected chi connectivity index (χ2v) is 10.6. The van der Waals surface area contributed by atoms with Gasteiger partial charge in [0.15, 0.2) is 5.82 Å². The van der Waals surface area contributed by atoms with E-state index in [4.69, 9.17) is 19.4 Å². The van der Waals surface area contributed by atoms with Crippen LogP contribution >= 0.6 is 0 Å². The zero-order chi connectivity index (χ0) is 26.3. The quantitative estimate of drug-likeness (QED) is 0.510. The summed E-state index contributed by atoms with van der Waals surface area (Å²) in [6.07, 6.45) is 3.01. The number of nitrogens with zero attached hydrogens (tertiary/aromatic N) is 5. The van der Waals surface area contributed by atoms with Crippen molar-refractivity contribution in [3.63, 3.8) is 0 Å². The van der Waals surface area contributed by atoms with Crippen LogP contribution in [0.2, 0.25) is 0 Å². The summed E-state index contributed by atoms with van der Waals surface area (Å²) >= 11 is 0. The normalized spacial score (nSPS) is 24.4. The third kappa shape index (κ3) is 5.13. The molecule has 2 saturated heterocycles. The first-order valence-electron chi connectivity index (χ1n) is 13.0. The van der Waals surface area contributed by atoms with E-state index in [-0.39, 0.29) is 31.0 Å². The van der Waals surface area contributed by atoms with Gasteiger partial charge < -0.3 is 29.6 Å². The van der Waals surface area contributed by atoms with Gasteiger partial charge in [-0.25, -0.2) is 19.3 Å². The highest BCUT2D eigenvalue weighted by Crippen LogP contribution is 2.36. The summed E-state index contributed by atoms with van der Waals surface area (Å²) in [4.78, 5) is 34.7. The first kappa shape index (κ1) is 24.9. The zero-order valence-corrected chi connectivity index (χ0v) is 21.6. The molecule has 1 amide bonds. The number of benzene rings is 1. The maximum atomic E-state index is 13.7. The molecule has 2 aromatic heterocycles. The first-order chi connectivity index (χ1) is 18.4. The van der Waals surface area contributed by atoms with Gasteiger partial charge in [-0.1, -0.05) is 0 Å². The number of aromatic nitrogens is 4. The van der Waals surface area contributed by atoms with Gasteiger partial charge >= 0.3 is 0 Å². The third-order valence-electron chi connectivity index (χ3n) is 7.32. The Kier molecular flexibility index (Phi) is 6.58. The van der Waals surface area contributed by atoms with Crippen LogP contribution in [0.25, 0.3) is 22.6 Å². The van der Waals surface area contributed by atoms with Crippen molar-refractivity contribution in [2.24, 2.45) is 5.41 Å². The molecule has 3 aromatic rings. The van der Waals surface area contributed by atoms with Crippen LogP contribution < -0.4 is 10.2 Å². The fraction of sp³-hybridized carbons (Fsp3) is 0.481. The molecule has 4 heterocycles. The van der Waals surface area contributed by atoms with Crippen molar-refractivity contribution >= 4 is 11.9 Å². The smallest absolute Gasteiger partial charge is 0.230 e. The van der Waals surface area contributed by atoms with Crippen molar-refractivity contribution in [2.45, 2.75) is 32.1 Å². The number of rotatable bonds is 6. The average Bonchev–Trinajstić information content (AvgIpc) is 3.64. The SMILES string of the molecule is CN1CCN(c2nccc(-c3[nH]c(C4OCC(C)(C(=O)NC5CC5)CO4)nc3-c3ccc(F)cc3)n2)CC1. The van der Waals surface area contributed by atoms with Gasteiger partial charge in [-0.3, -0.25) is 4.79 Å². The molecule has 10 nitrogen and oxygen atoms in total. The van der Waals surface area contributed by atoms with E-state index in [1.54, 1.807) is 18.3 Å². The number of nitrogens with one attached hydrogen (secondary N) is 2. The molecule has 200 valence electrons. The zero-order valence-electron chi connectivity index (χ0n) is 21.6. The number of imidazole rings is 1. The fourth-order valence-electron chi connectivity index (χ4n) is 4.64. The molecular formula is C27H32FN7O3. The first-order valence-corrected chi connectivity index (χ1v) is 13.0. The number of H-pyrrole nitrogens is 1. The maximum Gasteiger partial charge on any atom is 0.230 e. The van der Waals surface area contributed by atoms with E-state index in [1.165, 1.54) is 12.1 Å². The predicted molar refractivity (Wildman–Crippen MR) is 139 cm³/mol. The Balaban J connectivity index is 1.28. The van der Waals surface area contributed by atoms with Gasteiger partial charge in [0.25, 0.3) is 0 Å². The van der Waals surface area contributed by atoms with Crippen LogP contribution in [0.15, 0.2) is 36.5 Å². The lowest BCUT2D eigenvalue weighted by molar-refractivity contribution is -0.231. The van der Waals surface area contributed by atoms with Crippen molar-refractivity contribution in [3.05, 3.63) is 48.2 Å². The molecule has 1 saturated carbocycles.